The molecule has 0 aliphatic rings. The molecule has 0 aromatic carbocycles. The van der Waals surface area contributed by atoms with Gasteiger partial charge in [0, 0.05) is 20.5 Å². The Morgan fingerprint density at radius 3 is 1.50 bits per heavy atom. The topological polar surface area (TPSA) is 115 Å². The fraction of sp³-hybridized carbons (Fsp3) is 0.500. The van der Waals surface area contributed by atoms with Crippen molar-refractivity contribution in [1.82, 2.24) is 0 Å². The minimum atomic E-state index is -0.833. The fourth-order valence-corrected chi connectivity index (χ4v) is 0.149. The Hall–Kier alpha value is -1.56. The van der Waals surface area contributed by atoms with Crippen molar-refractivity contribution >= 4 is 11.9 Å². The summed E-state index contributed by atoms with van der Waals surface area (Å²) in [4.78, 5) is 18.0. The van der Waals surface area contributed by atoms with Crippen LogP contribution in [0, 0.1) is 0 Å². The summed E-state index contributed by atoms with van der Waals surface area (Å²) in [5.41, 5.74) is 0. The van der Waals surface area contributed by atoms with Crippen molar-refractivity contribution in [1.29, 1.82) is 0 Å². The predicted octanol–water partition coefficient (Wildman–Crippen LogP) is 0.622. The van der Waals surface area contributed by atoms with E-state index in [2.05, 4.69) is 0 Å². The van der Waals surface area contributed by atoms with Crippen LogP contribution in [0.4, 0.5) is 0 Å². The second kappa shape index (κ2) is 17.5. The Morgan fingerprint density at radius 2 is 1.43 bits per heavy atom. The van der Waals surface area contributed by atoms with Crippen LogP contribution in [-0.4, -0.2) is 39.0 Å². The van der Waals surface area contributed by atoms with Crippen molar-refractivity contribution in [3.63, 3.8) is 0 Å². The lowest BCUT2D eigenvalue weighted by Crippen LogP contribution is -1.78. The van der Waals surface area contributed by atoms with Crippen LogP contribution in [0.1, 0.15) is 20.3 Å². The van der Waals surface area contributed by atoms with Gasteiger partial charge in [-0.05, 0) is 12.5 Å². The summed E-state index contributed by atoms with van der Waals surface area (Å²) in [5.74, 6) is -1.67. The third-order valence-electron chi connectivity index (χ3n) is 0.401. The number of carbonyl (C=O) groups is 2. The molecule has 6 heteroatoms. The molecule has 0 unspecified atom stereocenters. The van der Waals surface area contributed by atoms with Crippen molar-refractivity contribution in [2.24, 2.45) is 0 Å². The molecule has 0 rings (SSSR count). The van der Waals surface area contributed by atoms with Gasteiger partial charge in [-0.3, -0.25) is 9.59 Å². The van der Waals surface area contributed by atoms with E-state index in [0.717, 1.165) is 20.1 Å². The first-order valence-corrected chi connectivity index (χ1v) is 3.67. The van der Waals surface area contributed by atoms with Crippen LogP contribution in [-0.2, 0) is 9.59 Å². The van der Waals surface area contributed by atoms with Crippen molar-refractivity contribution in [3.05, 3.63) is 12.3 Å². The van der Waals surface area contributed by atoms with Crippen LogP contribution in [0.25, 0.3) is 0 Å². The molecule has 6 nitrogen and oxygen atoms in total. The highest BCUT2D eigenvalue weighted by atomic mass is 16.4. The standard InChI is InChI=1S/C4H8O2.2C2H4O2/c5-3-1-2-4-6;2*1-2(3)4/h1,3,5-6H,2,4H2;2*1H3,(H,3,4)/b3-1+;;. The highest BCUT2D eigenvalue weighted by molar-refractivity contribution is 5.63. The summed E-state index contributed by atoms with van der Waals surface area (Å²) in [6.45, 7) is 2.27. The van der Waals surface area contributed by atoms with Gasteiger partial charge in [-0.1, -0.05) is 0 Å². The van der Waals surface area contributed by atoms with Gasteiger partial charge in [0.1, 0.15) is 0 Å². The van der Waals surface area contributed by atoms with Crippen molar-refractivity contribution in [2.45, 2.75) is 20.3 Å². The molecule has 0 spiro atoms. The lowest BCUT2D eigenvalue weighted by molar-refractivity contribution is -0.135. The molecule has 14 heavy (non-hydrogen) atoms. The number of hydrogen-bond acceptors (Lipinski definition) is 4. The third-order valence-corrected chi connectivity index (χ3v) is 0.401. The Kier molecular flexibility index (Phi) is 22.8. The number of carboxylic acid groups (broad SMARTS) is 2. The largest absolute Gasteiger partial charge is 0.516 e. The van der Waals surface area contributed by atoms with Gasteiger partial charge < -0.3 is 20.4 Å². The van der Waals surface area contributed by atoms with Gasteiger partial charge in [-0.15, -0.1) is 0 Å². The summed E-state index contributed by atoms with van der Waals surface area (Å²) < 4.78 is 0. The van der Waals surface area contributed by atoms with Crippen LogP contribution in [0.5, 0.6) is 0 Å². The van der Waals surface area contributed by atoms with Gasteiger partial charge in [0.15, 0.2) is 0 Å². The molecule has 0 atom stereocenters. The maximum Gasteiger partial charge on any atom is 0.300 e. The molecule has 0 saturated carbocycles. The van der Waals surface area contributed by atoms with E-state index in [4.69, 9.17) is 30.0 Å². The summed E-state index contributed by atoms with van der Waals surface area (Å²) in [6.07, 6.45) is 2.95. The first-order valence-electron chi connectivity index (χ1n) is 3.67. The van der Waals surface area contributed by atoms with Crippen molar-refractivity contribution in [2.75, 3.05) is 6.61 Å². The maximum atomic E-state index is 9.00. The average molecular weight is 208 g/mol. The normalized spacial score (nSPS) is 7.93. The van der Waals surface area contributed by atoms with Crippen molar-refractivity contribution < 1.29 is 30.0 Å². The smallest absolute Gasteiger partial charge is 0.300 e. The van der Waals surface area contributed by atoms with Crippen LogP contribution in [0.2, 0.25) is 0 Å². The SMILES string of the molecule is CC(=O)O.CC(=O)O.O/C=C/CCO. The second-order valence-electron chi connectivity index (χ2n) is 1.94. The molecule has 0 radical (unpaired) electrons. The Bertz CT molecular complexity index is 143. The van der Waals surface area contributed by atoms with Crippen LogP contribution < -0.4 is 0 Å². The zero-order valence-electron chi connectivity index (χ0n) is 8.17. The summed E-state index contributed by atoms with van der Waals surface area (Å²) in [6, 6.07) is 0. The zero-order chi connectivity index (χ0) is 12.0. The van der Waals surface area contributed by atoms with Gasteiger partial charge in [0.25, 0.3) is 11.9 Å². The average Bonchev–Trinajstić information content (AvgIpc) is 1.98. The van der Waals surface area contributed by atoms with Gasteiger partial charge in [0.2, 0.25) is 0 Å². The number of hydrogen-bond donors (Lipinski definition) is 4. The molecule has 0 saturated heterocycles. The zero-order valence-corrected chi connectivity index (χ0v) is 8.17. The summed E-state index contributed by atoms with van der Waals surface area (Å²) >= 11 is 0. The quantitative estimate of drug-likeness (QED) is 0.494. The molecule has 0 fully saturated rings. The molecule has 0 aliphatic heterocycles. The molecule has 0 aromatic heterocycles. The number of aliphatic carboxylic acids is 2. The second-order valence-corrected chi connectivity index (χ2v) is 1.94. The van der Waals surface area contributed by atoms with Gasteiger partial charge in [-0.25, -0.2) is 0 Å². The Balaban J connectivity index is -0.000000135. The van der Waals surface area contributed by atoms with Crippen LogP contribution >= 0.6 is 0 Å². The first-order chi connectivity index (χ1) is 6.38. The van der Waals surface area contributed by atoms with Gasteiger partial charge in [-0.2, -0.15) is 0 Å². The van der Waals surface area contributed by atoms with E-state index in [-0.39, 0.29) is 6.61 Å². The third kappa shape index (κ3) is 449. The van der Waals surface area contributed by atoms with Crippen LogP contribution in [0.3, 0.4) is 0 Å². The van der Waals surface area contributed by atoms with Gasteiger partial charge in [0.05, 0.1) is 6.26 Å². The van der Waals surface area contributed by atoms with E-state index in [1.165, 1.54) is 6.08 Å². The van der Waals surface area contributed by atoms with E-state index in [1.54, 1.807) is 0 Å². The fourth-order valence-electron chi connectivity index (χ4n) is 0.149. The van der Waals surface area contributed by atoms with Crippen molar-refractivity contribution in [3.8, 4) is 0 Å². The molecule has 0 amide bonds. The van der Waals surface area contributed by atoms with Crippen LogP contribution in [0.15, 0.2) is 12.3 Å². The number of aliphatic hydroxyl groups excluding tert-OH is 2. The number of carboxylic acids is 2. The summed E-state index contributed by atoms with van der Waals surface area (Å²) in [7, 11) is 0. The Morgan fingerprint density at radius 1 is 1.14 bits per heavy atom. The minimum absolute atomic E-state index is 0.108. The monoisotopic (exact) mass is 208 g/mol. The molecule has 84 valence electrons. The van der Waals surface area contributed by atoms with E-state index in [0.29, 0.717) is 6.42 Å². The molecular weight excluding hydrogens is 192 g/mol. The Labute approximate surface area is 82.1 Å². The van der Waals surface area contributed by atoms with E-state index < -0.39 is 11.9 Å². The highest BCUT2D eigenvalue weighted by Gasteiger charge is 1.67. The number of rotatable bonds is 2. The lowest BCUT2D eigenvalue weighted by Gasteiger charge is -1.76. The maximum absolute atomic E-state index is 9.00. The first kappa shape index (κ1) is 18.3. The lowest BCUT2D eigenvalue weighted by atomic mass is 10.5. The minimum Gasteiger partial charge on any atom is -0.516 e. The molecular formula is C8H16O6. The van der Waals surface area contributed by atoms with E-state index in [1.807, 2.05) is 0 Å². The number of aliphatic hydroxyl groups is 2. The molecule has 0 heterocycles. The van der Waals surface area contributed by atoms with Gasteiger partial charge >= 0.3 is 0 Å². The molecule has 4 N–H and O–H groups in total. The van der Waals surface area contributed by atoms with E-state index in [9.17, 15) is 0 Å². The van der Waals surface area contributed by atoms with E-state index >= 15 is 0 Å². The predicted molar refractivity (Wildman–Crippen MR) is 50.1 cm³/mol. The highest BCUT2D eigenvalue weighted by Crippen LogP contribution is 1.74. The molecule has 0 aliphatic carbocycles. The summed E-state index contributed by atoms with van der Waals surface area (Å²) in [5, 5.41) is 30.8. The molecule has 0 bridgehead atoms. The molecule has 0 aromatic rings.